The topological polar surface area (TPSA) is 42.9 Å². The Morgan fingerprint density at radius 2 is 1.75 bits per heavy atom. The van der Waals surface area contributed by atoms with Gasteiger partial charge in [-0.3, -0.25) is 4.79 Å². The maximum absolute atomic E-state index is 12.6. The monoisotopic (exact) mass is 236 g/mol. The van der Waals surface area contributed by atoms with Crippen LogP contribution in [0.3, 0.4) is 0 Å². The minimum Gasteiger partial charge on any atom is -0.287 e. The third-order valence-electron chi connectivity index (χ3n) is 1.97. The number of benzene rings is 1. The van der Waals surface area contributed by atoms with Crippen molar-refractivity contribution >= 4 is 17.4 Å². The van der Waals surface area contributed by atoms with Crippen molar-refractivity contribution in [1.82, 2.24) is 10.2 Å². The number of hydrogen-bond acceptors (Lipinski definition) is 3. The van der Waals surface area contributed by atoms with E-state index < -0.39 is 5.82 Å². The van der Waals surface area contributed by atoms with Crippen LogP contribution in [0.25, 0.3) is 0 Å². The summed E-state index contributed by atoms with van der Waals surface area (Å²) in [6.45, 7) is 0. The number of nitrogens with zero attached hydrogens (tertiary/aromatic N) is 2. The molecule has 0 radical (unpaired) electrons. The lowest BCUT2D eigenvalue weighted by molar-refractivity contribution is 0.103. The van der Waals surface area contributed by atoms with Gasteiger partial charge in [-0.2, -0.15) is 0 Å². The number of carbonyl (C=O) groups excluding carboxylic acids is 1. The fourth-order valence-corrected chi connectivity index (χ4v) is 1.29. The average Bonchev–Trinajstić information content (AvgIpc) is 2.30. The van der Waals surface area contributed by atoms with Gasteiger partial charge in [-0.05, 0) is 36.4 Å². The van der Waals surface area contributed by atoms with E-state index in [1.165, 1.54) is 36.4 Å². The van der Waals surface area contributed by atoms with Crippen LogP contribution in [-0.4, -0.2) is 16.0 Å². The molecule has 0 atom stereocenters. The molecular weight excluding hydrogens is 231 g/mol. The van der Waals surface area contributed by atoms with Crippen molar-refractivity contribution in [1.29, 1.82) is 0 Å². The molecule has 1 aromatic heterocycles. The van der Waals surface area contributed by atoms with Crippen LogP contribution < -0.4 is 0 Å². The van der Waals surface area contributed by atoms with Gasteiger partial charge in [0.25, 0.3) is 0 Å². The number of hydrogen-bond donors (Lipinski definition) is 0. The van der Waals surface area contributed by atoms with Crippen molar-refractivity contribution in [3.05, 3.63) is 58.6 Å². The Morgan fingerprint density at radius 1 is 1.06 bits per heavy atom. The van der Waals surface area contributed by atoms with Crippen molar-refractivity contribution in [2.45, 2.75) is 0 Å². The van der Waals surface area contributed by atoms with E-state index in [2.05, 4.69) is 10.2 Å². The molecule has 80 valence electrons. The number of halogens is 2. The Bertz CT molecular complexity index is 463. The number of ketones is 1. The zero-order chi connectivity index (χ0) is 11.5. The molecule has 0 spiro atoms. The fraction of sp³-hybridized carbons (Fsp3) is 0. The van der Waals surface area contributed by atoms with E-state index in [1.54, 1.807) is 0 Å². The maximum Gasteiger partial charge on any atom is 0.213 e. The summed E-state index contributed by atoms with van der Waals surface area (Å²) in [4.78, 5) is 11.8. The molecule has 3 nitrogen and oxygen atoms in total. The summed E-state index contributed by atoms with van der Waals surface area (Å²) < 4.78 is 12.6. The van der Waals surface area contributed by atoms with Crippen molar-refractivity contribution < 1.29 is 9.18 Å². The third kappa shape index (κ3) is 2.23. The largest absolute Gasteiger partial charge is 0.287 e. The van der Waals surface area contributed by atoms with Crippen LogP contribution in [0.15, 0.2) is 36.4 Å². The highest BCUT2D eigenvalue weighted by Gasteiger charge is 2.10. The number of aromatic nitrogens is 2. The molecule has 1 heterocycles. The molecule has 0 unspecified atom stereocenters. The lowest BCUT2D eigenvalue weighted by atomic mass is 10.1. The molecule has 0 N–H and O–H groups in total. The normalized spacial score (nSPS) is 10.1. The van der Waals surface area contributed by atoms with Gasteiger partial charge < -0.3 is 0 Å². The fourth-order valence-electron chi connectivity index (χ4n) is 1.19. The molecule has 2 rings (SSSR count). The quantitative estimate of drug-likeness (QED) is 0.753. The zero-order valence-electron chi connectivity index (χ0n) is 8.02. The minimum absolute atomic E-state index is 0.177. The van der Waals surface area contributed by atoms with Crippen molar-refractivity contribution in [2.24, 2.45) is 0 Å². The second-order valence-corrected chi connectivity index (χ2v) is 3.46. The van der Waals surface area contributed by atoms with Gasteiger partial charge in [0, 0.05) is 5.56 Å². The molecule has 0 aliphatic rings. The molecular formula is C11H6ClFN2O. The summed E-state index contributed by atoms with van der Waals surface area (Å²) in [5, 5.41) is 7.43. The Balaban J connectivity index is 2.32. The van der Waals surface area contributed by atoms with E-state index in [-0.39, 0.29) is 16.6 Å². The Hall–Kier alpha value is -1.81. The molecule has 0 saturated carbocycles. The summed E-state index contributed by atoms with van der Waals surface area (Å²) >= 11 is 5.55. The van der Waals surface area contributed by atoms with Crippen LogP contribution in [0.2, 0.25) is 5.15 Å². The predicted octanol–water partition coefficient (Wildman–Crippen LogP) is 2.50. The van der Waals surface area contributed by atoms with E-state index in [9.17, 15) is 9.18 Å². The van der Waals surface area contributed by atoms with Crippen molar-refractivity contribution in [3.63, 3.8) is 0 Å². The summed E-state index contributed by atoms with van der Waals surface area (Å²) in [5.74, 6) is -0.706. The molecule has 0 amide bonds. The van der Waals surface area contributed by atoms with Crippen LogP contribution in [0, 0.1) is 5.82 Å². The summed E-state index contributed by atoms with van der Waals surface area (Å²) in [7, 11) is 0. The smallest absolute Gasteiger partial charge is 0.213 e. The molecule has 5 heteroatoms. The molecule has 16 heavy (non-hydrogen) atoms. The van der Waals surface area contributed by atoms with Gasteiger partial charge in [0.2, 0.25) is 5.78 Å². The van der Waals surface area contributed by atoms with Crippen LogP contribution in [0.1, 0.15) is 16.1 Å². The van der Waals surface area contributed by atoms with Crippen molar-refractivity contribution in [3.8, 4) is 0 Å². The first-order valence-electron chi connectivity index (χ1n) is 4.46. The van der Waals surface area contributed by atoms with E-state index in [1.807, 2.05) is 0 Å². The summed E-state index contributed by atoms with van der Waals surface area (Å²) in [6.07, 6.45) is 0. The van der Waals surface area contributed by atoms with Gasteiger partial charge in [-0.1, -0.05) is 11.6 Å². The Labute approximate surface area is 95.9 Å². The second-order valence-electron chi connectivity index (χ2n) is 3.08. The first kappa shape index (κ1) is 10.7. The highest BCUT2D eigenvalue weighted by atomic mass is 35.5. The molecule has 0 bridgehead atoms. The average molecular weight is 237 g/mol. The van der Waals surface area contributed by atoms with Crippen LogP contribution >= 0.6 is 11.6 Å². The van der Waals surface area contributed by atoms with E-state index in [4.69, 9.17) is 11.6 Å². The lowest BCUT2D eigenvalue weighted by Gasteiger charge is -1.99. The SMILES string of the molecule is O=C(c1ccc(F)cc1)c1ccc(Cl)nn1. The Kier molecular flexibility index (Phi) is 2.92. The van der Waals surface area contributed by atoms with E-state index in [0.29, 0.717) is 5.56 Å². The van der Waals surface area contributed by atoms with Gasteiger partial charge in [-0.15, -0.1) is 10.2 Å². The third-order valence-corrected chi connectivity index (χ3v) is 2.17. The van der Waals surface area contributed by atoms with Gasteiger partial charge in [0.1, 0.15) is 11.5 Å². The first-order valence-corrected chi connectivity index (χ1v) is 4.84. The molecule has 2 aromatic rings. The van der Waals surface area contributed by atoms with E-state index in [0.717, 1.165) is 0 Å². The van der Waals surface area contributed by atoms with Crippen LogP contribution in [0.5, 0.6) is 0 Å². The molecule has 1 aromatic carbocycles. The number of carbonyl (C=O) groups is 1. The van der Waals surface area contributed by atoms with E-state index >= 15 is 0 Å². The van der Waals surface area contributed by atoms with Gasteiger partial charge >= 0.3 is 0 Å². The highest BCUT2D eigenvalue weighted by Crippen LogP contribution is 2.09. The standard InChI is InChI=1S/C11H6ClFN2O/c12-10-6-5-9(14-15-10)11(16)7-1-3-8(13)4-2-7/h1-6H. The van der Waals surface area contributed by atoms with Crippen molar-refractivity contribution in [2.75, 3.05) is 0 Å². The molecule has 0 aliphatic heterocycles. The zero-order valence-corrected chi connectivity index (χ0v) is 8.78. The van der Waals surface area contributed by atoms with Crippen LogP contribution in [0.4, 0.5) is 4.39 Å². The predicted molar refractivity (Wildman–Crippen MR) is 56.9 cm³/mol. The molecule has 0 saturated heterocycles. The molecule has 0 fully saturated rings. The molecule has 0 aliphatic carbocycles. The summed E-state index contributed by atoms with van der Waals surface area (Å²) in [6, 6.07) is 8.18. The number of rotatable bonds is 2. The van der Waals surface area contributed by atoms with Crippen LogP contribution in [-0.2, 0) is 0 Å². The summed E-state index contributed by atoms with van der Waals surface area (Å²) in [5.41, 5.74) is 0.536. The second kappa shape index (κ2) is 4.37. The van der Waals surface area contributed by atoms with Gasteiger partial charge in [-0.25, -0.2) is 4.39 Å². The minimum atomic E-state index is -0.390. The maximum atomic E-state index is 12.6. The lowest BCUT2D eigenvalue weighted by Crippen LogP contribution is -2.05. The Morgan fingerprint density at radius 3 is 2.31 bits per heavy atom. The van der Waals surface area contributed by atoms with Gasteiger partial charge in [0.15, 0.2) is 5.15 Å². The first-order chi connectivity index (χ1) is 7.66. The highest BCUT2D eigenvalue weighted by molar-refractivity contribution is 6.29. The van der Waals surface area contributed by atoms with Gasteiger partial charge in [0.05, 0.1) is 0 Å².